The van der Waals surface area contributed by atoms with Crippen molar-refractivity contribution < 1.29 is 0 Å². The van der Waals surface area contributed by atoms with Gasteiger partial charge in [0.25, 0.3) is 0 Å². The third-order valence-electron chi connectivity index (χ3n) is 6.70. The van der Waals surface area contributed by atoms with Crippen molar-refractivity contribution >= 4 is 29.9 Å². The lowest BCUT2D eigenvalue weighted by Crippen LogP contribution is -2.50. The molecule has 1 unspecified atom stereocenters. The second kappa shape index (κ2) is 14.4. The molecule has 182 valence electrons. The zero-order valence-corrected chi connectivity index (χ0v) is 22.9. The molecule has 2 saturated heterocycles. The Hall–Kier alpha value is -0.900. The predicted octanol–water partition coefficient (Wildman–Crippen LogP) is 3.41. The molecule has 1 aromatic rings. The SMILES string of the molecule is CCNC(=NCCCN1CCN(C)CC1c1ccccc1)NC1CCN(C(C)C)CC1.I. The summed E-state index contributed by atoms with van der Waals surface area (Å²) in [7, 11) is 2.23. The van der Waals surface area contributed by atoms with Gasteiger partial charge in [0.2, 0.25) is 0 Å². The number of hydrogen-bond donors (Lipinski definition) is 2. The van der Waals surface area contributed by atoms with Gasteiger partial charge in [-0.3, -0.25) is 9.89 Å². The van der Waals surface area contributed by atoms with Crippen LogP contribution < -0.4 is 10.6 Å². The molecule has 1 atom stereocenters. The molecule has 2 aliphatic heterocycles. The molecule has 0 radical (unpaired) electrons. The van der Waals surface area contributed by atoms with E-state index in [0.29, 0.717) is 18.1 Å². The number of likely N-dealkylation sites (tertiary alicyclic amines) is 1. The highest BCUT2D eigenvalue weighted by molar-refractivity contribution is 14.0. The molecule has 2 N–H and O–H groups in total. The first-order chi connectivity index (χ1) is 15.1. The van der Waals surface area contributed by atoms with Gasteiger partial charge in [0, 0.05) is 70.5 Å². The average molecular weight is 557 g/mol. The molecular formula is C25H45IN6. The zero-order chi connectivity index (χ0) is 22.1. The number of nitrogens with one attached hydrogen (secondary N) is 2. The molecule has 2 aliphatic rings. The van der Waals surface area contributed by atoms with Crippen molar-refractivity contribution in [2.24, 2.45) is 4.99 Å². The van der Waals surface area contributed by atoms with Crippen molar-refractivity contribution in [2.75, 3.05) is 59.4 Å². The smallest absolute Gasteiger partial charge is 0.191 e. The van der Waals surface area contributed by atoms with Crippen LogP contribution >= 0.6 is 24.0 Å². The Morgan fingerprint density at radius 3 is 2.47 bits per heavy atom. The first kappa shape index (κ1) is 27.3. The monoisotopic (exact) mass is 556 g/mol. The molecule has 0 saturated carbocycles. The summed E-state index contributed by atoms with van der Waals surface area (Å²) in [5.74, 6) is 0.989. The Morgan fingerprint density at radius 2 is 1.81 bits per heavy atom. The van der Waals surface area contributed by atoms with Gasteiger partial charge >= 0.3 is 0 Å². The third-order valence-corrected chi connectivity index (χ3v) is 6.70. The van der Waals surface area contributed by atoms with Gasteiger partial charge in [0.15, 0.2) is 5.96 Å². The van der Waals surface area contributed by atoms with E-state index in [0.717, 1.165) is 51.6 Å². The molecule has 0 amide bonds. The minimum atomic E-state index is 0. The number of halogens is 1. The van der Waals surface area contributed by atoms with Crippen LogP contribution in [0.4, 0.5) is 0 Å². The van der Waals surface area contributed by atoms with Crippen molar-refractivity contribution in [2.45, 2.75) is 58.2 Å². The van der Waals surface area contributed by atoms with E-state index >= 15 is 0 Å². The van der Waals surface area contributed by atoms with Crippen LogP contribution in [-0.4, -0.2) is 92.1 Å². The number of nitrogens with zero attached hydrogens (tertiary/aromatic N) is 4. The molecular weight excluding hydrogens is 511 g/mol. The molecule has 7 heteroatoms. The number of rotatable bonds is 8. The molecule has 6 nitrogen and oxygen atoms in total. The van der Waals surface area contributed by atoms with Gasteiger partial charge in [-0.1, -0.05) is 30.3 Å². The van der Waals surface area contributed by atoms with E-state index in [2.05, 4.69) is 83.5 Å². The van der Waals surface area contributed by atoms with E-state index in [-0.39, 0.29) is 24.0 Å². The van der Waals surface area contributed by atoms with Crippen molar-refractivity contribution in [3.63, 3.8) is 0 Å². The predicted molar refractivity (Wildman–Crippen MR) is 147 cm³/mol. The summed E-state index contributed by atoms with van der Waals surface area (Å²) in [6.07, 6.45) is 3.49. The van der Waals surface area contributed by atoms with Crippen LogP contribution in [-0.2, 0) is 0 Å². The highest BCUT2D eigenvalue weighted by Gasteiger charge is 2.26. The second-order valence-corrected chi connectivity index (χ2v) is 9.39. The zero-order valence-electron chi connectivity index (χ0n) is 20.6. The fourth-order valence-electron chi connectivity index (χ4n) is 4.75. The van der Waals surface area contributed by atoms with Gasteiger partial charge in [0.05, 0.1) is 0 Å². The lowest BCUT2D eigenvalue weighted by atomic mass is 10.0. The van der Waals surface area contributed by atoms with E-state index < -0.39 is 0 Å². The largest absolute Gasteiger partial charge is 0.357 e. The van der Waals surface area contributed by atoms with Gasteiger partial charge in [-0.2, -0.15) is 0 Å². The van der Waals surface area contributed by atoms with E-state index in [1.54, 1.807) is 0 Å². The molecule has 2 heterocycles. The lowest BCUT2D eigenvalue weighted by molar-refractivity contribution is 0.0894. The maximum atomic E-state index is 4.90. The summed E-state index contributed by atoms with van der Waals surface area (Å²) in [6.45, 7) is 15.3. The molecule has 0 spiro atoms. The number of likely N-dealkylation sites (N-methyl/N-ethyl adjacent to an activating group) is 1. The number of piperidine rings is 1. The Kier molecular flexibility index (Phi) is 12.3. The second-order valence-electron chi connectivity index (χ2n) is 9.39. The number of aliphatic imine (C=N–C) groups is 1. The minimum absolute atomic E-state index is 0. The van der Waals surface area contributed by atoms with Crippen molar-refractivity contribution in [3.8, 4) is 0 Å². The maximum absolute atomic E-state index is 4.90. The molecule has 32 heavy (non-hydrogen) atoms. The molecule has 0 bridgehead atoms. The van der Waals surface area contributed by atoms with Crippen molar-refractivity contribution in [1.29, 1.82) is 0 Å². The van der Waals surface area contributed by atoms with E-state index in [1.165, 1.54) is 31.5 Å². The van der Waals surface area contributed by atoms with Crippen molar-refractivity contribution in [1.82, 2.24) is 25.3 Å². The summed E-state index contributed by atoms with van der Waals surface area (Å²) in [5, 5.41) is 7.13. The molecule has 2 fully saturated rings. The van der Waals surface area contributed by atoms with Crippen LogP contribution in [0.3, 0.4) is 0 Å². The quantitative estimate of drug-likeness (QED) is 0.223. The van der Waals surface area contributed by atoms with Crippen LogP contribution in [0, 0.1) is 0 Å². The van der Waals surface area contributed by atoms with Crippen molar-refractivity contribution in [3.05, 3.63) is 35.9 Å². The van der Waals surface area contributed by atoms with Crippen LogP contribution in [0.5, 0.6) is 0 Å². The first-order valence-corrected chi connectivity index (χ1v) is 12.3. The summed E-state index contributed by atoms with van der Waals surface area (Å²) >= 11 is 0. The highest BCUT2D eigenvalue weighted by Crippen LogP contribution is 2.24. The third kappa shape index (κ3) is 8.47. The normalized spacial score (nSPS) is 22.0. The standard InChI is InChI=1S/C25H44N6.HI/c1-5-26-25(28-23-12-16-30(17-13-23)21(2)3)27-14-9-15-31-19-18-29(4)20-24(31)22-10-7-6-8-11-22;/h6-8,10-11,21,23-24H,5,9,12-20H2,1-4H3,(H2,26,27,28);1H. The first-order valence-electron chi connectivity index (χ1n) is 12.3. The average Bonchev–Trinajstić information content (AvgIpc) is 2.78. The fraction of sp³-hybridized carbons (Fsp3) is 0.720. The van der Waals surface area contributed by atoms with Crippen LogP contribution in [0.2, 0.25) is 0 Å². The summed E-state index contributed by atoms with van der Waals surface area (Å²) in [6, 6.07) is 12.6. The minimum Gasteiger partial charge on any atom is -0.357 e. The Morgan fingerprint density at radius 1 is 1.09 bits per heavy atom. The van der Waals surface area contributed by atoms with E-state index in [1.807, 2.05) is 0 Å². The topological polar surface area (TPSA) is 46.1 Å². The lowest BCUT2D eigenvalue weighted by Gasteiger charge is -2.40. The fourth-order valence-corrected chi connectivity index (χ4v) is 4.75. The van der Waals surface area contributed by atoms with Crippen LogP contribution in [0.25, 0.3) is 0 Å². The maximum Gasteiger partial charge on any atom is 0.191 e. The number of guanidine groups is 1. The Balaban J connectivity index is 0.00000363. The molecule has 0 aromatic heterocycles. The Bertz CT molecular complexity index is 660. The summed E-state index contributed by atoms with van der Waals surface area (Å²) < 4.78 is 0. The number of benzene rings is 1. The highest BCUT2D eigenvalue weighted by atomic mass is 127. The molecule has 0 aliphatic carbocycles. The van der Waals surface area contributed by atoms with Gasteiger partial charge in [-0.15, -0.1) is 24.0 Å². The van der Waals surface area contributed by atoms with Gasteiger partial charge in [0.1, 0.15) is 0 Å². The van der Waals surface area contributed by atoms with E-state index in [4.69, 9.17) is 4.99 Å². The summed E-state index contributed by atoms with van der Waals surface area (Å²) in [4.78, 5) is 12.6. The van der Waals surface area contributed by atoms with Crippen LogP contribution in [0.15, 0.2) is 35.3 Å². The molecule has 1 aromatic carbocycles. The molecule has 3 rings (SSSR count). The van der Waals surface area contributed by atoms with Crippen LogP contribution in [0.1, 0.15) is 51.6 Å². The van der Waals surface area contributed by atoms with Gasteiger partial charge in [-0.05, 0) is 52.6 Å². The Labute approximate surface area is 213 Å². The van der Waals surface area contributed by atoms with Gasteiger partial charge in [-0.25, -0.2) is 0 Å². The summed E-state index contributed by atoms with van der Waals surface area (Å²) in [5.41, 5.74) is 1.43. The number of piperazine rings is 1. The van der Waals surface area contributed by atoms with E-state index in [9.17, 15) is 0 Å². The number of hydrogen-bond acceptors (Lipinski definition) is 4. The van der Waals surface area contributed by atoms with Gasteiger partial charge < -0.3 is 20.4 Å².